The number of likely N-dealkylation sites (tertiary alicyclic amines) is 1. The second-order valence-electron chi connectivity index (χ2n) is 7.31. The highest BCUT2D eigenvalue weighted by Gasteiger charge is 2.43. The van der Waals surface area contributed by atoms with E-state index in [9.17, 15) is 9.18 Å². The number of amides is 1. The number of nitrogens with zero attached hydrogens (tertiary/aromatic N) is 1. The van der Waals surface area contributed by atoms with Crippen LogP contribution in [0.15, 0.2) is 48.5 Å². The van der Waals surface area contributed by atoms with Crippen LogP contribution >= 0.6 is 0 Å². The SMILES string of the molecule is O=C1NCc2ccccc2CC12CCCN(Cc1ccccc1F)C2. The number of carbonyl (C=O) groups is 1. The lowest BCUT2D eigenvalue weighted by molar-refractivity contribution is -0.134. The van der Waals surface area contributed by atoms with Crippen LogP contribution in [-0.4, -0.2) is 23.9 Å². The zero-order valence-corrected chi connectivity index (χ0v) is 14.3. The molecule has 2 aromatic carbocycles. The summed E-state index contributed by atoms with van der Waals surface area (Å²) in [7, 11) is 0. The molecule has 2 aliphatic heterocycles. The molecule has 130 valence electrons. The third kappa shape index (κ3) is 3.19. The predicted octanol–water partition coefficient (Wildman–Crippen LogP) is 3.28. The van der Waals surface area contributed by atoms with Crippen LogP contribution in [0.25, 0.3) is 0 Å². The Hall–Kier alpha value is -2.20. The van der Waals surface area contributed by atoms with Crippen LogP contribution in [0.2, 0.25) is 0 Å². The zero-order chi connectivity index (χ0) is 17.3. The lowest BCUT2D eigenvalue weighted by Gasteiger charge is -2.41. The van der Waals surface area contributed by atoms with E-state index in [4.69, 9.17) is 0 Å². The van der Waals surface area contributed by atoms with Gasteiger partial charge in [0.15, 0.2) is 0 Å². The molecule has 25 heavy (non-hydrogen) atoms. The van der Waals surface area contributed by atoms with Crippen LogP contribution < -0.4 is 5.32 Å². The molecule has 1 unspecified atom stereocenters. The molecule has 1 spiro atoms. The van der Waals surface area contributed by atoms with Gasteiger partial charge in [0.25, 0.3) is 0 Å². The summed E-state index contributed by atoms with van der Waals surface area (Å²) in [5, 5.41) is 3.12. The normalized spacial score (nSPS) is 23.8. The average molecular weight is 338 g/mol. The molecule has 2 aliphatic rings. The van der Waals surface area contributed by atoms with E-state index in [-0.39, 0.29) is 11.7 Å². The molecule has 1 atom stereocenters. The molecule has 3 nitrogen and oxygen atoms in total. The van der Waals surface area contributed by atoms with E-state index >= 15 is 0 Å². The number of benzene rings is 2. The van der Waals surface area contributed by atoms with Gasteiger partial charge in [-0.3, -0.25) is 9.69 Å². The molecule has 4 rings (SSSR count). The Morgan fingerprint density at radius 2 is 1.84 bits per heavy atom. The highest BCUT2D eigenvalue weighted by molar-refractivity contribution is 5.84. The molecule has 1 amide bonds. The number of rotatable bonds is 2. The second kappa shape index (κ2) is 6.60. The molecule has 2 heterocycles. The smallest absolute Gasteiger partial charge is 0.228 e. The van der Waals surface area contributed by atoms with Crippen molar-refractivity contribution in [1.29, 1.82) is 0 Å². The molecule has 0 aromatic heterocycles. The van der Waals surface area contributed by atoms with Crippen molar-refractivity contribution in [3.8, 4) is 0 Å². The van der Waals surface area contributed by atoms with Crippen LogP contribution in [-0.2, 0) is 24.3 Å². The number of halogens is 1. The minimum Gasteiger partial charge on any atom is -0.351 e. The highest BCUT2D eigenvalue weighted by atomic mass is 19.1. The summed E-state index contributed by atoms with van der Waals surface area (Å²) in [5.41, 5.74) is 2.76. The third-order valence-electron chi connectivity index (χ3n) is 5.58. The van der Waals surface area contributed by atoms with Crippen molar-refractivity contribution in [1.82, 2.24) is 10.2 Å². The maximum atomic E-state index is 14.0. The van der Waals surface area contributed by atoms with E-state index < -0.39 is 5.41 Å². The van der Waals surface area contributed by atoms with Gasteiger partial charge in [-0.1, -0.05) is 42.5 Å². The van der Waals surface area contributed by atoms with Crippen molar-refractivity contribution < 1.29 is 9.18 Å². The molecule has 0 radical (unpaired) electrons. The fraction of sp³-hybridized carbons (Fsp3) is 0.381. The van der Waals surface area contributed by atoms with E-state index in [1.807, 2.05) is 24.3 Å². The number of nitrogens with one attached hydrogen (secondary N) is 1. The summed E-state index contributed by atoms with van der Waals surface area (Å²) < 4.78 is 14.0. The van der Waals surface area contributed by atoms with E-state index in [0.29, 0.717) is 25.2 Å². The zero-order valence-electron chi connectivity index (χ0n) is 14.3. The first-order valence-electron chi connectivity index (χ1n) is 8.97. The van der Waals surface area contributed by atoms with Gasteiger partial charge in [0.05, 0.1) is 5.41 Å². The van der Waals surface area contributed by atoms with E-state index in [1.165, 1.54) is 17.2 Å². The van der Waals surface area contributed by atoms with Gasteiger partial charge in [-0.2, -0.15) is 0 Å². The summed E-state index contributed by atoms with van der Waals surface area (Å²) in [6.07, 6.45) is 2.62. The predicted molar refractivity (Wildman–Crippen MR) is 95.3 cm³/mol. The van der Waals surface area contributed by atoms with Crippen molar-refractivity contribution in [2.45, 2.75) is 32.4 Å². The van der Waals surface area contributed by atoms with Crippen molar-refractivity contribution in [2.75, 3.05) is 13.1 Å². The van der Waals surface area contributed by atoms with Gasteiger partial charge in [-0.05, 0) is 43.0 Å². The number of carbonyl (C=O) groups excluding carboxylic acids is 1. The molecule has 2 aromatic rings. The number of piperidine rings is 1. The minimum absolute atomic E-state index is 0.141. The topological polar surface area (TPSA) is 32.3 Å². The molecule has 1 fully saturated rings. The molecule has 1 saturated heterocycles. The summed E-state index contributed by atoms with van der Waals surface area (Å²) in [4.78, 5) is 15.1. The second-order valence-corrected chi connectivity index (χ2v) is 7.31. The van der Waals surface area contributed by atoms with Gasteiger partial charge < -0.3 is 5.32 Å². The third-order valence-corrected chi connectivity index (χ3v) is 5.58. The Morgan fingerprint density at radius 1 is 1.08 bits per heavy atom. The Labute approximate surface area is 147 Å². The van der Waals surface area contributed by atoms with Crippen molar-refractivity contribution in [2.24, 2.45) is 5.41 Å². The van der Waals surface area contributed by atoms with Gasteiger partial charge >= 0.3 is 0 Å². The fourth-order valence-corrected chi connectivity index (χ4v) is 4.27. The summed E-state index contributed by atoms with van der Waals surface area (Å²) in [6.45, 7) is 2.75. The maximum Gasteiger partial charge on any atom is 0.228 e. The largest absolute Gasteiger partial charge is 0.351 e. The first-order valence-corrected chi connectivity index (χ1v) is 8.97. The standard InChI is InChI=1S/C21H23FN2O/c22-19-9-4-3-8-18(19)14-24-11-5-10-21(15-24)12-16-6-1-2-7-17(16)13-23-20(21)25/h1-4,6-9H,5,10-15H2,(H,23,25). The lowest BCUT2D eigenvalue weighted by Crippen LogP contribution is -2.51. The lowest BCUT2D eigenvalue weighted by atomic mass is 9.74. The Bertz CT molecular complexity index is 791. The number of hydrogen-bond acceptors (Lipinski definition) is 2. The van der Waals surface area contributed by atoms with E-state index in [2.05, 4.69) is 22.3 Å². The van der Waals surface area contributed by atoms with Gasteiger partial charge in [-0.25, -0.2) is 4.39 Å². The molecular weight excluding hydrogens is 315 g/mol. The van der Waals surface area contributed by atoms with Crippen LogP contribution in [0.4, 0.5) is 4.39 Å². The molecule has 4 heteroatoms. The van der Waals surface area contributed by atoms with Crippen LogP contribution in [0.1, 0.15) is 29.5 Å². The first-order chi connectivity index (χ1) is 12.2. The molecular formula is C21H23FN2O. The van der Waals surface area contributed by atoms with Crippen molar-refractivity contribution in [3.63, 3.8) is 0 Å². The minimum atomic E-state index is -0.407. The monoisotopic (exact) mass is 338 g/mol. The van der Waals surface area contributed by atoms with E-state index in [1.54, 1.807) is 6.07 Å². The van der Waals surface area contributed by atoms with Crippen LogP contribution in [0.5, 0.6) is 0 Å². The average Bonchev–Trinajstić information content (AvgIpc) is 2.75. The molecule has 0 aliphatic carbocycles. The van der Waals surface area contributed by atoms with E-state index in [0.717, 1.165) is 25.8 Å². The Balaban J connectivity index is 1.58. The fourth-order valence-electron chi connectivity index (χ4n) is 4.27. The quantitative estimate of drug-likeness (QED) is 0.911. The van der Waals surface area contributed by atoms with Crippen molar-refractivity contribution in [3.05, 3.63) is 71.0 Å². The van der Waals surface area contributed by atoms with Gasteiger partial charge in [0.2, 0.25) is 5.91 Å². The number of fused-ring (bicyclic) bond motifs is 1. The molecule has 1 N–H and O–H groups in total. The first kappa shape index (κ1) is 16.3. The summed E-state index contributed by atoms with van der Waals surface area (Å²) in [5.74, 6) is -0.0280. The highest BCUT2D eigenvalue weighted by Crippen LogP contribution is 2.37. The maximum absolute atomic E-state index is 14.0. The molecule has 0 bridgehead atoms. The van der Waals surface area contributed by atoms with Gasteiger partial charge in [-0.15, -0.1) is 0 Å². The Morgan fingerprint density at radius 3 is 2.68 bits per heavy atom. The Kier molecular flexibility index (Phi) is 4.30. The van der Waals surface area contributed by atoms with Gasteiger partial charge in [0.1, 0.15) is 5.82 Å². The van der Waals surface area contributed by atoms with Gasteiger partial charge in [0, 0.05) is 25.2 Å². The summed E-state index contributed by atoms with van der Waals surface area (Å²) in [6, 6.07) is 15.2. The summed E-state index contributed by atoms with van der Waals surface area (Å²) >= 11 is 0. The molecule has 0 saturated carbocycles. The van der Waals surface area contributed by atoms with Crippen LogP contribution in [0.3, 0.4) is 0 Å². The number of hydrogen-bond donors (Lipinski definition) is 1. The van der Waals surface area contributed by atoms with Crippen LogP contribution in [0, 0.1) is 11.2 Å². The van der Waals surface area contributed by atoms with Crippen molar-refractivity contribution >= 4 is 5.91 Å².